The fraction of sp³-hybridized carbons (Fsp3) is 0.375. The van der Waals surface area contributed by atoms with Crippen molar-refractivity contribution in [3.8, 4) is 5.75 Å². The summed E-state index contributed by atoms with van der Waals surface area (Å²) >= 11 is 0. The molecule has 1 aromatic carbocycles. The summed E-state index contributed by atoms with van der Waals surface area (Å²) in [6, 6.07) is 9.66. The minimum Gasteiger partial charge on any atom is -0.496 e. The van der Waals surface area contributed by atoms with Gasteiger partial charge in [-0.2, -0.15) is 5.10 Å². The highest BCUT2D eigenvalue weighted by Crippen LogP contribution is 2.17. The summed E-state index contributed by atoms with van der Waals surface area (Å²) in [6.07, 6.45) is 0. The molecular weight excluding hydrogens is 266 g/mol. The van der Waals surface area contributed by atoms with E-state index >= 15 is 0 Å². The van der Waals surface area contributed by atoms with E-state index in [0.717, 1.165) is 17.0 Å². The first-order valence-corrected chi connectivity index (χ1v) is 6.99. The van der Waals surface area contributed by atoms with E-state index in [-0.39, 0.29) is 11.9 Å². The maximum absolute atomic E-state index is 12.2. The van der Waals surface area contributed by atoms with Crippen LogP contribution in [0.1, 0.15) is 41.6 Å². The number of hydrogen-bond acceptors (Lipinski definition) is 3. The first kappa shape index (κ1) is 15.1. The van der Waals surface area contributed by atoms with Gasteiger partial charge in [0.2, 0.25) is 0 Å². The molecule has 0 radical (unpaired) electrons. The lowest BCUT2D eigenvalue weighted by atomic mass is 10.2. The highest BCUT2D eigenvalue weighted by Gasteiger charge is 2.14. The summed E-state index contributed by atoms with van der Waals surface area (Å²) in [7, 11) is 1.62. The summed E-state index contributed by atoms with van der Waals surface area (Å²) in [6.45, 7) is 6.44. The third-order valence-electron chi connectivity index (χ3n) is 3.28. The largest absolute Gasteiger partial charge is 0.496 e. The van der Waals surface area contributed by atoms with Crippen LogP contribution in [0.25, 0.3) is 0 Å². The van der Waals surface area contributed by atoms with Gasteiger partial charge in [0.15, 0.2) is 0 Å². The zero-order valence-corrected chi connectivity index (χ0v) is 12.9. The molecule has 0 spiro atoms. The number of amides is 1. The molecule has 0 unspecified atom stereocenters. The van der Waals surface area contributed by atoms with Crippen LogP contribution >= 0.6 is 0 Å². The second-order valence-electron chi connectivity index (χ2n) is 5.20. The number of carbonyl (C=O) groups is 1. The smallest absolute Gasteiger partial charge is 0.272 e. The SMILES string of the molecule is COc1ccccc1CNC(=O)c1cc(C)n(C(C)C)n1. The van der Waals surface area contributed by atoms with Crippen molar-refractivity contribution >= 4 is 5.91 Å². The number of methoxy groups -OCH3 is 1. The molecule has 0 saturated carbocycles. The number of aryl methyl sites for hydroxylation is 1. The van der Waals surface area contributed by atoms with Gasteiger partial charge in [0.1, 0.15) is 11.4 Å². The van der Waals surface area contributed by atoms with Crippen LogP contribution in [-0.2, 0) is 6.54 Å². The number of nitrogens with one attached hydrogen (secondary N) is 1. The monoisotopic (exact) mass is 287 g/mol. The van der Waals surface area contributed by atoms with Gasteiger partial charge in [0.05, 0.1) is 7.11 Å². The lowest BCUT2D eigenvalue weighted by molar-refractivity contribution is 0.0944. The van der Waals surface area contributed by atoms with Crippen LogP contribution in [0, 0.1) is 6.92 Å². The van der Waals surface area contributed by atoms with E-state index in [1.165, 1.54) is 0 Å². The van der Waals surface area contributed by atoms with E-state index in [1.807, 2.05) is 49.7 Å². The van der Waals surface area contributed by atoms with Crippen molar-refractivity contribution in [3.63, 3.8) is 0 Å². The third-order valence-corrected chi connectivity index (χ3v) is 3.28. The standard InChI is InChI=1S/C16H21N3O2/c1-11(2)19-12(3)9-14(18-19)16(20)17-10-13-7-5-6-8-15(13)21-4/h5-9,11H,10H2,1-4H3,(H,17,20). The molecule has 2 aromatic rings. The number of nitrogens with zero attached hydrogens (tertiary/aromatic N) is 2. The maximum atomic E-state index is 12.2. The maximum Gasteiger partial charge on any atom is 0.272 e. The Morgan fingerprint density at radius 3 is 2.71 bits per heavy atom. The predicted octanol–water partition coefficient (Wildman–Crippen LogP) is 2.71. The number of rotatable bonds is 5. The third kappa shape index (κ3) is 3.42. The van der Waals surface area contributed by atoms with E-state index in [1.54, 1.807) is 13.2 Å². The molecule has 2 rings (SSSR count). The summed E-state index contributed by atoms with van der Waals surface area (Å²) in [5.74, 6) is 0.588. The van der Waals surface area contributed by atoms with Gasteiger partial charge in [-0.15, -0.1) is 0 Å². The second kappa shape index (κ2) is 6.43. The Labute approximate surface area is 124 Å². The van der Waals surface area contributed by atoms with Crippen LogP contribution < -0.4 is 10.1 Å². The predicted molar refractivity (Wildman–Crippen MR) is 81.5 cm³/mol. The topological polar surface area (TPSA) is 56.1 Å². The highest BCUT2D eigenvalue weighted by molar-refractivity contribution is 5.92. The molecule has 0 aliphatic rings. The van der Waals surface area contributed by atoms with Crippen molar-refractivity contribution in [2.24, 2.45) is 0 Å². The summed E-state index contributed by atoms with van der Waals surface area (Å²) < 4.78 is 7.11. The fourth-order valence-corrected chi connectivity index (χ4v) is 2.24. The van der Waals surface area contributed by atoms with E-state index < -0.39 is 0 Å². The highest BCUT2D eigenvalue weighted by atomic mass is 16.5. The molecule has 0 aliphatic heterocycles. The second-order valence-corrected chi connectivity index (χ2v) is 5.20. The van der Waals surface area contributed by atoms with E-state index in [4.69, 9.17) is 4.74 Å². The molecule has 1 N–H and O–H groups in total. The van der Waals surface area contributed by atoms with Gasteiger partial charge < -0.3 is 10.1 Å². The van der Waals surface area contributed by atoms with Crippen LogP contribution in [0.3, 0.4) is 0 Å². The van der Waals surface area contributed by atoms with Crippen molar-refractivity contribution in [1.82, 2.24) is 15.1 Å². The van der Waals surface area contributed by atoms with Gasteiger partial charge in [0.25, 0.3) is 5.91 Å². The Kier molecular flexibility index (Phi) is 4.62. The summed E-state index contributed by atoms with van der Waals surface area (Å²) in [5.41, 5.74) is 2.36. The van der Waals surface area contributed by atoms with Crippen molar-refractivity contribution in [2.45, 2.75) is 33.4 Å². The Morgan fingerprint density at radius 1 is 1.38 bits per heavy atom. The summed E-state index contributed by atoms with van der Waals surface area (Å²) in [5, 5.41) is 7.21. The van der Waals surface area contributed by atoms with Crippen molar-refractivity contribution in [2.75, 3.05) is 7.11 Å². The quantitative estimate of drug-likeness (QED) is 0.920. The molecule has 5 nitrogen and oxygen atoms in total. The van der Waals surface area contributed by atoms with Gasteiger partial charge >= 0.3 is 0 Å². The fourth-order valence-electron chi connectivity index (χ4n) is 2.24. The first-order chi connectivity index (χ1) is 10.0. The molecule has 0 bridgehead atoms. The molecular formula is C16H21N3O2. The van der Waals surface area contributed by atoms with Gasteiger partial charge in [-0.05, 0) is 32.9 Å². The zero-order valence-electron chi connectivity index (χ0n) is 12.9. The molecule has 1 heterocycles. The molecule has 0 saturated heterocycles. The van der Waals surface area contributed by atoms with Crippen molar-refractivity contribution in [1.29, 1.82) is 0 Å². The molecule has 112 valence electrons. The lowest BCUT2D eigenvalue weighted by Crippen LogP contribution is -2.23. The minimum atomic E-state index is -0.177. The minimum absolute atomic E-state index is 0.177. The average Bonchev–Trinajstić information content (AvgIpc) is 2.87. The number of ether oxygens (including phenoxy) is 1. The molecule has 5 heteroatoms. The lowest BCUT2D eigenvalue weighted by Gasteiger charge is -2.09. The van der Waals surface area contributed by atoms with Crippen LogP contribution in [0.5, 0.6) is 5.75 Å². The van der Waals surface area contributed by atoms with Gasteiger partial charge in [0, 0.05) is 23.8 Å². The van der Waals surface area contributed by atoms with Crippen LogP contribution in [0.2, 0.25) is 0 Å². The van der Waals surface area contributed by atoms with E-state index in [9.17, 15) is 4.79 Å². The van der Waals surface area contributed by atoms with Crippen LogP contribution in [0.4, 0.5) is 0 Å². The Bertz CT molecular complexity index is 632. The first-order valence-electron chi connectivity index (χ1n) is 6.99. The molecule has 21 heavy (non-hydrogen) atoms. The Balaban J connectivity index is 2.07. The number of aromatic nitrogens is 2. The zero-order chi connectivity index (χ0) is 15.4. The van der Waals surface area contributed by atoms with Gasteiger partial charge in [-0.3, -0.25) is 9.48 Å². The van der Waals surface area contributed by atoms with Gasteiger partial charge in [-0.25, -0.2) is 0 Å². The van der Waals surface area contributed by atoms with Gasteiger partial charge in [-0.1, -0.05) is 18.2 Å². The molecule has 0 atom stereocenters. The van der Waals surface area contributed by atoms with Crippen molar-refractivity contribution in [3.05, 3.63) is 47.3 Å². The number of benzene rings is 1. The average molecular weight is 287 g/mol. The number of carbonyl (C=O) groups excluding carboxylic acids is 1. The number of hydrogen-bond donors (Lipinski definition) is 1. The molecule has 0 fully saturated rings. The Morgan fingerprint density at radius 2 is 2.10 bits per heavy atom. The molecule has 0 aliphatic carbocycles. The Hall–Kier alpha value is -2.30. The molecule has 1 aromatic heterocycles. The van der Waals surface area contributed by atoms with E-state index in [0.29, 0.717) is 12.2 Å². The van der Waals surface area contributed by atoms with Crippen LogP contribution in [-0.4, -0.2) is 22.8 Å². The number of para-hydroxylation sites is 1. The van der Waals surface area contributed by atoms with E-state index in [2.05, 4.69) is 10.4 Å². The normalized spacial score (nSPS) is 10.7. The summed E-state index contributed by atoms with van der Waals surface area (Å²) in [4.78, 5) is 12.2. The molecule has 1 amide bonds. The van der Waals surface area contributed by atoms with Crippen LogP contribution in [0.15, 0.2) is 30.3 Å². The van der Waals surface area contributed by atoms with Crippen molar-refractivity contribution < 1.29 is 9.53 Å².